The molecule has 0 aliphatic carbocycles. The summed E-state index contributed by atoms with van der Waals surface area (Å²) in [5, 5.41) is 9.78. The minimum atomic E-state index is -0.110. The lowest BCUT2D eigenvalue weighted by Crippen LogP contribution is -2.47. The van der Waals surface area contributed by atoms with E-state index < -0.39 is 0 Å². The molecular formula is C22H34N2O2. The second-order valence-corrected chi connectivity index (χ2v) is 8.23. The number of amides is 1. The summed E-state index contributed by atoms with van der Waals surface area (Å²) < 4.78 is 0. The average Bonchev–Trinajstić information content (AvgIpc) is 2.96. The fraction of sp³-hybridized carbons (Fsp3) is 0.682. The van der Waals surface area contributed by atoms with Gasteiger partial charge in [-0.1, -0.05) is 31.9 Å². The van der Waals surface area contributed by atoms with Gasteiger partial charge in [0.1, 0.15) is 0 Å². The average molecular weight is 359 g/mol. The van der Waals surface area contributed by atoms with Gasteiger partial charge in [-0.3, -0.25) is 9.69 Å². The number of aliphatic hydroxyl groups excluding tert-OH is 1. The van der Waals surface area contributed by atoms with Crippen molar-refractivity contribution in [1.82, 2.24) is 9.80 Å². The lowest BCUT2D eigenvalue weighted by atomic mass is 9.78. The van der Waals surface area contributed by atoms with E-state index >= 15 is 0 Å². The van der Waals surface area contributed by atoms with E-state index in [-0.39, 0.29) is 17.9 Å². The molecule has 1 aromatic carbocycles. The predicted octanol–water partition coefficient (Wildman–Crippen LogP) is 3.69. The van der Waals surface area contributed by atoms with Crippen molar-refractivity contribution in [2.24, 2.45) is 5.41 Å². The number of aliphatic hydroxyl groups is 1. The zero-order valence-corrected chi connectivity index (χ0v) is 16.3. The van der Waals surface area contributed by atoms with Gasteiger partial charge in [-0.05, 0) is 62.9 Å². The van der Waals surface area contributed by atoms with Crippen molar-refractivity contribution in [1.29, 1.82) is 0 Å². The standard InChI is InChI=1S/C22H34N2O2/c1-2-22(18-25)12-7-15-24(17-22)21(26)20-10-8-19(9-11-20)16-23-13-5-3-4-6-14-23/h8-11,25H,2-7,12-18H2,1H3/t22-/m1/s1. The molecule has 2 heterocycles. The number of hydrogen-bond donors (Lipinski definition) is 1. The van der Waals surface area contributed by atoms with E-state index in [2.05, 4.69) is 24.0 Å². The number of benzene rings is 1. The molecule has 4 heteroatoms. The molecular weight excluding hydrogens is 324 g/mol. The highest BCUT2D eigenvalue weighted by molar-refractivity contribution is 5.94. The molecule has 2 saturated heterocycles. The largest absolute Gasteiger partial charge is 0.396 e. The number of hydrogen-bond acceptors (Lipinski definition) is 3. The molecule has 2 aliphatic heterocycles. The zero-order chi connectivity index (χ0) is 18.4. The maximum absolute atomic E-state index is 12.9. The van der Waals surface area contributed by atoms with E-state index in [1.807, 2.05) is 17.0 Å². The molecule has 2 aliphatic rings. The van der Waals surface area contributed by atoms with Gasteiger partial charge in [-0.15, -0.1) is 0 Å². The normalized spacial score (nSPS) is 25.1. The molecule has 0 spiro atoms. The number of carbonyl (C=O) groups is 1. The second-order valence-electron chi connectivity index (χ2n) is 8.23. The van der Waals surface area contributed by atoms with Crippen LogP contribution in [-0.2, 0) is 6.54 Å². The molecule has 0 aromatic heterocycles. The number of nitrogens with zero attached hydrogens (tertiary/aromatic N) is 2. The van der Waals surface area contributed by atoms with Crippen LogP contribution in [0.4, 0.5) is 0 Å². The van der Waals surface area contributed by atoms with Crippen LogP contribution < -0.4 is 0 Å². The van der Waals surface area contributed by atoms with Crippen molar-refractivity contribution in [3.8, 4) is 0 Å². The van der Waals surface area contributed by atoms with Gasteiger partial charge in [0.2, 0.25) is 0 Å². The monoisotopic (exact) mass is 358 g/mol. The molecule has 1 amide bonds. The molecule has 1 N–H and O–H groups in total. The molecule has 4 nitrogen and oxygen atoms in total. The first-order valence-electron chi connectivity index (χ1n) is 10.4. The number of rotatable bonds is 5. The third kappa shape index (κ3) is 4.66. The molecule has 144 valence electrons. The first-order chi connectivity index (χ1) is 12.7. The van der Waals surface area contributed by atoms with Crippen molar-refractivity contribution in [3.05, 3.63) is 35.4 Å². The maximum atomic E-state index is 12.9. The number of piperidine rings is 1. The van der Waals surface area contributed by atoms with Crippen LogP contribution in [0.5, 0.6) is 0 Å². The van der Waals surface area contributed by atoms with Gasteiger partial charge in [0.25, 0.3) is 5.91 Å². The summed E-state index contributed by atoms with van der Waals surface area (Å²) in [7, 11) is 0. The smallest absolute Gasteiger partial charge is 0.253 e. The van der Waals surface area contributed by atoms with Gasteiger partial charge in [0.05, 0.1) is 6.61 Å². The zero-order valence-electron chi connectivity index (χ0n) is 16.3. The summed E-state index contributed by atoms with van der Waals surface area (Å²) in [6.45, 7) is 7.12. The second kappa shape index (κ2) is 9.01. The van der Waals surface area contributed by atoms with Gasteiger partial charge in [-0.2, -0.15) is 0 Å². The van der Waals surface area contributed by atoms with E-state index in [9.17, 15) is 9.90 Å². The Kier molecular flexibility index (Phi) is 6.71. The van der Waals surface area contributed by atoms with Crippen LogP contribution >= 0.6 is 0 Å². The molecule has 2 fully saturated rings. The highest BCUT2D eigenvalue weighted by Gasteiger charge is 2.35. The molecule has 0 unspecified atom stereocenters. The van der Waals surface area contributed by atoms with Crippen molar-refractivity contribution < 1.29 is 9.90 Å². The van der Waals surface area contributed by atoms with Gasteiger partial charge in [-0.25, -0.2) is 0 Å². The third-order valence-corrected chi connectivity index (χ3v) is 6.34. The molecule has 0 radical (unpaired) electrons. The summed E-state index contributed by atoms with van der Waals surface area (Å²) >= 11 is 0. The molecule has 3 rings (SSSR count). The Hall–Kier alpha value is -1.39. The van der Waals surface area contributed by atoms with Crippen molar-refractivity contribution in [2.45, 2.75) is 58.4 Å². The highest BCUT2D eigenvalue weighted by atomic mass is 16.3. The Morgan fingerprint density at radius 2 is 1.73 bits per heavy atom. The Bertz CT molecular complexity index is 572. The van der Waals surface area contributed by atoms with Crippen LogP contribution in [0.3, 0.4) is 0 Å². The van der Waals surface area contributed by atoms with Crippen molar-refractivity contribution >= 4 is 5.91 Å². The van der Waals surface area contributed by atoms with E-state index in [0.29, 0.717) is 6.54 Å². The molecule has 0 saturated carbocycles. The maximum Gasteiger partial charge on any atom is 0.253 e. The van der Waals surface area contributed by atoms with Crippen LogP contribution in [0.25, 0.3) is 0 Å². The van der Waals surface area contributed by atoms with Gasteiger partial charge in [0, 0.05) is 30.6 Å². The molecule has 26 heavy (non-hydrogen) atoms. The summed E-state index contributed by atoms with van der Waals surface area (Å²) in [4.78, 5) is 17.4. The van der Waals surface area contributed by atoms with Crippen LogP contribution in [0, 0.1) is 5.41 Å². The van der Waals surface area contributed by atoms with Crippen LogP contribution in [0.1, 0.15) is 67.8 Å². The van der Waals surface area contributed by atoms with Crippen LogP contribution in [0.2, 0.25) is 0 Å². The van der Waals surface area contributed by atoms with Gasteiger partial charge in [0.15, 0.2) is 0 Å². The topological polar surface area (TPSA) is 43.8 Å². The molecule has 0 bridgehead atoms. The Balaban J connectivity index is 1.61. The third-order valence-electron chi connectivity index (χ3n) is 6.34. The summed E-state index contributed by atoms with van der Waals surface area (Å²) in [5.74, 6) is 0.109. The Morgan fingerprint density at radius 1 is 1.04 bits per heavy atom. The number of carbonyl (C=O) groups excluding carboxylic acids is 1. The van der Waals surface area contributed by atoms with E-state index in [1.54, 1.807) is 0 Å². The van der Waals surface area contributed by atoms with Crippen LogP contribution in [-0.4, -0.2) is 53.6 Å². The fourth-order valence-corrected chi connectivity index (χ4v) is 4.40. The minimum absolute atomic E-state index is 0.109. The van der Waals surface area contributed by atoms with E-state index in [0.717, 1.165) is 37.9 Å². The fourth-order valence-electron chi connectivity index (χ4n) is 4.40. The Labute approximate surface area is 158 Å². The quantitative estimate of drug-likeness (QED) is 0.873. The predicted molar refractivity (Wildman–Crippen MR) is 105 cm³/mol. The van der Waals surface area contributed by atoms with Crippen molar-refractivity contribution in [3.63, 3.8) is 0 Å². The summed E-state index contributed by atoms with van der Waals surface area (Å²) in [6.07, 6.45) is 8.22. The minimum Gasteiger partial charge on any atom is -0.396 e. The van der Waals surface area contributed by atoms with Crippen LogP contribution in [0.15, 0.2) is 24.3 Å². The first-order valence-corrected chi connectivity index (χ1v) is 10.4. The van der Waals surface area contributed by atoms with Gasteiger partial charge < -0.3 is 10.0 Å². The lowest BCUT2D eigenvalue weighted by molar-refractivity contribution is 0.0251. The summed E-state index contributed by atoms with van der Waals surface area (Å²) in [5.41, 5.74) is 1.95. The first kappa shape index (κ1) is 19.4. The molecule has 1 aromatic rings. The lowest BCUT2D eigenvalue weighted by Gasteiger charge is -2.41. The molecule has 1 atom stereocenters. The van der Waals surface area contributed by atoms with Gasteiger partial charge >= 0.3 is 0 Å². The van der Waals surface area contributed by atoms with E-state index in [1.165, 1.54) is 44.3 Å². The summed E-state index contributed by atoms with van der Waals surface area (Å²) in [6, 6.07) is 8.19. The Morgan fingerprint density at radius 3 is 2.35 bits per heavy atom. The van der Waals surface area contributed by atoms with E-state index in [4.69, 9.17) is 0 Å². The SMILES string of the molecule is CC[C@@]1(CO)CCCN(C(=O)c2ccc(CN3CCCCCC3)cc2)C1. The number of likely N-dealkylation sites (tertiary alicyclic amines) is 2. The highest BCUT2D eigenvalue weighted by Crippen LogP contribution is 2.33. The van der Waals surface area contributed by atoms with Crippen molar-refractivity contribution in [2.75, 3.05) is 32.8 Å².